The molecule has 14 heavy (non-hydrogen) atoms. The van der Waals surface area contributed by atoms with E-state index in [4.69, 9.17) is 0 Å². The second kappa shape index (κ2) is 3.58. The SMILES string of the molecule is [Br-].c1ccc2c(c1)Cc1[nH]c[nH+]c1C2. The Hall–Kier alpha value is -1.09. The molecule has 0 saturated carbocycles. The van der Waals surface area contributed by atoms with Crippen molar-refractivity contribution in [2.45, 2.75) is 12.8 Å². The Labute approximate surface area is 93.2 Å². The molecule has 2 aromatic rings. The van der Waals surface area contributed by atoms with Gasteiger partial charge in [0.1, 0.15) is 11.4 Å². The van der Waals surface area contributed by atoms with Crippen LogP contribution in [0.1, 0.15) is 22.5 Å². The zero-order valence-electron chi connectivity index (χ0n) is 7.68. The van der Waals surface area contributed by atoms with Gasteiger partial charge in [-0.25, -0.2) is 9.97 Å². The molecular weight excluding hydrogens is 240 g/mol. The Kier molecular flexibility index (Phi) is 2.42. The third kappa shape index (κ3) is 1.38. The van der Waals surface area contributed by atoms with Gasteiger partial charge < -0.3 is 17.0 Å². The van der Waals surface area contributed by atoms with Crippen LogP contribution in [0.4, 0.5) is 0 Å². The summed E-state index contributed by atoms with van der Waals surface area (Å²) in [6.45, 7) is 0. The second-order valence-electron chi connectivity index (χ2n) is 3.51. The maximum Gasteiger partial charge on any atom is 0.239 e. The van der Waals surface area contributed by atoms with Crippen LogP contribution in [0.3, 0.4) is 0 Å². The number of aromatic nitrogens is 2. The van der Waals surface area contributed by atoms with E-state index in [-0.39, 0.29) is 17.0 Å². The van der Waals surface area contributed by atoms with Crippen LogP contribution in [0, 0.1) is 0 Å². The maximum atomic E-state index is 3.24. The highest BCUT2D eigenvalue weighted by molar-refractivity contribution is 5.38. The molecule has 0 spiro atoms. The number of nitrogens with one attached hydrogen (secondary N) is 2. The molecule has 3 heteroatoms. The molecule has 1 aromatic carbocycles. The summed E-state index contributed by atoms with van der Waals surface area (Å²) in [5, 5.41) is 0. The molecule has 2 nitrogen and oxygen atoms in total. The van der Waals surface area contributed by atoms with E-state index in [1.807, 2.05) is 6.33 Å². The Morgan fingerprint density at radius 1 is 1.07 bits per heavy atom. The normalized spacial score (nSPS) is 12.6. The molecule has 0 saturated heterocycles. The average Bonchev–Trinajstić information content (AvgIpc) is 2.61. The van der Waals surface area contributed by atoms with Gasteiger partial charge in [0.05, 0.1) is 0 Å². The minimum Gasteiger partial charge on any atom is -1.00 e. The Morgan fingerprint density at radius 3 is 2.57 bits per heavy atom. The molecular formula is C11H11BrN2. The van der Waals surface area contributed by atoms with Crippen LogP contribution in [0.25, 0.3) is 0 Å². The monoisotopic (exact) mass is 250 g/mol. The predicted molar refractivity (Wildman–Crippen MR) is 49.4 cm³/mol. The first-order valence-electron chi connectivity index (χ1n) is 4.57. The van der Waals surface area contributed by atoms with E-state index in [1.165, 1.54) is 22.5 Å². The summed E-state index contributed by atoms with van der Waals surface area (Å²) >= 11 is 0. The Balaban J connectivity index is 0.000000750. The van der Waals surface area contributed by atoms with E-state index in [1.54, 1.807) is 0 Å². The highest BCUT2D eigenvalue weighted by atomic mass is 79.9. The van der Waals surface area contributed by atoms with E-state index >= 15 is 0 Å². The number of benzene rings is 1. The molecule has 0 amide bonds. The molecule has 0 bridgehead atoms. The van der Waals surface area contributed by atoms with E-state index in [0.29, 0.717) is 0 Å². The molecule has 1 aliphatic carbocycles. The summed E-state index contributed by atoms with van der Waals surface area (Å²) in [6.07, 6.45) is 3.99. The van der Waals surface area contributed by atoms with Crippen molar-refractivity contribution in [2.75, 3.05) is 0 Å². The molecule has 1 aromatic heterocycles. The summed E-state index contributed by atoms with van der Waals surface area (Å²) in [5.74, 6) is 0. The lowest BCUT2D eigenvalue weighted by molar-refractivity contribution is -0.387. The van der Waals surface area contributed by atoms with Crippen molar-refractivity contribution in [1.82, 2.24) is 4.98 Å². The quantitative estimate of drug-likeness (QED) is 0.495. The number of hydrogen-bond acceptors (Lipinski definition) is 0. The first-order chi connectivity index (χ1) is 6.43. The van der Waals surface area contributed by atoms with Gasteiger partial charge in [0, 0.05) is 12.8 Å². The fourth-order valence-corrected chi connectivity index (χ4v) is 1.98. The van der Waals surface area contributed by atoms with Crippen molar-refractivity contribution in [3.05, 3.63) is 53.1 Å². The van der Waals surface area contributed by atoms with Crippen molar-refractivity contribution in [3.63, 3.8) is 0 Å². The highest BCUT2D eigenvalue weighted by Gasteiger charge is 2.20. The molecule has 1 heterocycles. The first kappa shape index (κ1) is 9.46. The molecule has 1 aliphatic rings. The van der Waals surface area contributed by atoms with E-state index in [2.05, 4.69) is 34.2 Å². The fraction of sp³-hybridized carbons (Fsp3) is 0.182. The first-order valence-corrected chi connectivity index (χ1v) is 4.57. The third-order valence-electron chi connectivity index (χ3n) is 2.71. The minimum atomic E-state index is 0. The average molecular weight is 251 g/mol. The van der Waals surface area contributed by atoms with Gasteiger partial charge in [0.15, 0.2) is 0 Å². The van der Waals surface area contributed by atoms with Crippen LogP contribution >= 0.6 is 0 Å². The van der Waals surface area contributed by atoms with Crippen LogP contribution in [-0.4, -0.2) is 4.98 Å². The van der Waals surface area contributed by atoms with Gasteiger partial charge >= 0.3 is 0 Å². The van der Waals surface area contributed by atoms with Gasteiger partial charge in [-0.1, -0.05) is 24.3 Å². The zero-order chi connectivity index (χ0) is 8.67. The largest absolute Gasteiger partial charge is 1.00 e. The van der Waals surface area contributed by atoms with Crippen LogP contribution in [0.5, 0.6) is 0 Å². The lowest BCUT2D eigenvalue weighted by Crippen LogP contribution is -3.00. The molecule has 2 N–H and O–H groups in total. The number of halogens is 1. The van der Waals surface area contributed by atoms with Gasteiger partial charge in [0.2, 0.25) is 6.33 Å². The smallest absolute Gasteiger partial charge is 0.239 e. The maximum absolute atomic E-state index is 3.24. The summed E-state index contributed by atoms with van der Waals surface area (Å²) < 4.78 is 0. The van der Waals surface area contributed by atoms with E-state index < -0.39 is 0 Å². The summed E-state index contributed by atoms with van der Waals surface area (Å²) in [4.78, 5) is 6.49. The second-order valence-corrected chi connectivity index (χ2v) is 3.51. The third-order valence-corrected chi connectivity index (χ3v) is 2.71. The molecule has 0 aliphatic heterocycles. The Bertz CT molecular complexity index is 409. The van der Waals surface area contributed by atoms with Gasteiger partial charge in [0.25, 0.3) is 0 Å². The molecule has 0 radical (unpaired) electrons. The number of H-pyrrole nitrogens is 2. The Morgan fingerprint density at radius 2 is 1.79 bits per heavy atom. The summed E-state index contributed by atoms with van der Waals surface area (Å²) in [5.41, 5.74) is 5.56. The van der Waals surface area contributed by atoms with Gasteiger partial charge in [-0.05, 0) is 11.1 Å². The summed E-state index contributed by atoms with van der Waals surface area (Å²) in [6, 6.07) is 8.63. The van der Waals surface area contributed by atoms with Crippen molar-refractivity contribution >= 4 is 0 Å². The number of rotatable bonds is 0. The van der Waals surface area contributed by atoms with Crippen molar-refractivity contribution < 1.29 is 22.0 Å². The van der Waals surface area contributed by atoms with Crippen molar-refractivity contribution in [3.8, 4) is 0 Å². The lowest BCUT2D eigenvalue weighted by Gasteiger charge is -2.11. The molecule has 0 atom stereocenters. The fourth-order valence-electron chi connectivity index (χ4n) is 1.98. The highest BCUT2D eigenvalue weighted by Crippen LogP contribution is 2.22. The van der Waals surface area contributed by atoms with Crippen LogP contribution in [-0.2, 0) is 12.8 Å². The molecule has 0 fully saturated rings. The number of aromatic amines is 2. The van der Waals surface area contributed by atoms with Crippen LogP contribution < -0.4 is 22.0 Å². The van der Waals surface area contributed by atoms with Gasteiger partial charge in [-0.3, -0.25) is 0 Å². The molecule has 3 rings (SSSR count). The van der Waals surface area contributed by atoms with Gasteiger partial charge in [-0.2, -0.15) is 0 Å². The minimum absolute atomic E-state index is 0. The van der Waals surface area contributed by atoms with Gasteiger partial charge in [-0.15, -0.1) is 0 Å². The topological polar surface area (TPSA) is 29.9 Å². The van der Waals surface area contributed by atoms with Crippen LogP contribution in [0.2, 0.25) is 0 Å². The predicted octanol–water partition coefficient (Wildman–Crippen LogP) is -1.67. The van der Waals surface area contributed by atoms with Crippen LogP contribution in [0.15, 0.2) is 30.6 Å². The van der Waals surface area contributed by atoms with E-state index in [0.717, 1.165) is 12.8 Å². The number of hydrogen-bond donors (Lipinski definition) is 1. The standard InChI is InChI=1S/C11H10N2.BrH/c1-2-4-9-6-11-10(12-7-13-11)5-8(9)3-1;/h1-4,7H,5-6H2,(H,12,13);1H. The lowest BCUT2D eigenvalue weighted by atomic mass is 9.92. The zero-order valence-corrected chi connectivity index (χ0v) is 9.26. The van der Waals surface area contributed by atoms with Crippen molar-refractivity contribution in [1.29, 1.82) is 0 Å². The summed E-state index contributed by atoms with van der Waals surface area (Å²) in [7, 11) is 0. The number of imidazole rings is 1. The van der Waals surface area contributed by atoms with E-state index in [9.17, 15) is 0 Å². The van der Waals surface area contributed by atoms with Crippen molar-refractivity contribution in [2.24, 2.45) is 0 Å². The number of fused-ring (bicyclic) bond motifs is 2. The molecule has 72 valence electrons. The molecule has 0 unspecified atom stereocenters.